The summed E-state index contributed by atoms with van der Waals surface area (Å²) in [6.45, 7) is 2.67. The fourth-order valence-corrected chi connectivity index (χ4v) is 2.17. The van der Waals surface area contributed by atoms with Crippen LogP contribution in [0.15, 0.2) is 16.7 Å². The molecule has 1 aromatic heterocycles. The van der Waals surface area contributed by atoms with Crippen molar-refractivity contribution in [2.75, 3.05) is 27.2 Å². The van der Waals surface area contributed by atoms with E-state index in [0.29, 0.717) is 23.9 Å². The van der Waals surface area contributed by atoms with E-state index >= 15 is 0 Å². The van der Waals surface area contributed by atoms with Gasteiger partial charge in [-0.3, -0.25) is 4.90 Å². The maximum Gasteiger partial charge on any atom is 0.341 e. The number of hydrogen-bond donors (Lipinski definition) is 1. The van der Waals surface area contributed by atoms with Crippen molar-refractivity contribution in [1.29, 1.82) is 0 Å². The van der Waals surface area contributed by atoms with E-state index in [9.17, 15) is 4.79 Å². The average Bonchev–Trinajstić information content (AvgIpc) is 2.97. The van der Waals surface area contributed by atoms with Crippen LogP contribution >= 0.6 is 0 Å². The molecule has 94 valence electrons. The lowest BCUT2D eigenvalue weighted by Gasteiger charge is -2.14. The number of carbonyl (C=O) groups excluding carboxylic acids is 1. The van der Waals surface area contributed by atoms with Gasteiger partial charge in [0.15, 0.2) is 0 Å². The Morgan fingerprint density at radius 1 is 1.71 bits per heavy atom. The van der Waals surface area contributed by atoms with Gasteiger partial charge in [-0.25, -0.2) is 4.79 Å². The first-order valence-corrected chi connectivity index (χ1v) is 5.79. The maximum absolute atomic E-state index is 11.5. The number of nitrogens with zero attached hydrogens (tertiary/aromatic N) is 1. The van der Waals surface area contributed by atoms with Crippen LogP contribution in [0, 0.1) is 0 Å². The number of carbonyl (C=O) groups is 1. The Labute approximate surface area is 101 Å². The maximum atomic E-state index is 11.5. The van der Waals surface area contributed by atoms with E-state index in [2.05, 4.69) is 10.2 Å². The number of hydrogen-bond acceptors (Lipinski definition) is 5. The number of nitrogens with one attached hydrogen (secondary N) is 1. The second kappa shape index (κ2) is 5.33. The highest BCUT2D eigenvalue weighted by Gasteiger charge is 2.24. The van der Waals surface area contributed by atoms with Gasteiger partial charge in [-0.1, -0.05) is 0 Å². The topological polar surface area (TPSA) is 54.7 Å². The van der Waals surface area contributed by atoms with Crippen LogP contribution in [-0.2, 0) is 11.3 Å². The molecule has 2 rings (SSSR count). The number of methoxy groups -OCH3 is 1. The lowest BCUT2D eigenvalue weighted by molar-refractivity contribution is 0.0596. The minimum absolute atomic E-state index is 0.335. The largest absolute Gasteiger partial charge is 0.467 e. The smallest absolute Gasteiger partial charge is 0.341 e. The molecule has 1 unspecified atom stereocenters. The van der Waals surface area contributed by atoms with Gasteiger partial charge in [0, 0.05) is 19.1 Å². The van der Waals surface area contributed by atoms with Crippen LogP contribution in [0.25, 0.3) is 0 Å². The summed E-state index contributed by atoms with van der Waals surface area (Å²) in [7, 11) is 3.35. The lowest BCUT2D eigenvalue weighted by Crippen LogP contribution is -2.29. The number of ether oxygens (including phenoxy) is 1. The highest BCUT2D eigenvalue weighted by atomic mass is 16.5. The van der Waals surface area contributed by atoms with Gasteiger partial charge in [0.2, 0.25) is 0 Å². The third kappa shape index (κ3) is 2.68. The molecule has 5 heteroatoms. The number of likely N-dealkylation sites (tertiary alicyclic amines) is 1. The summed E-state index contributed by atoms with van der Waals surface area (Å²) in [6, 6.07) is 2.19. The quantitative estimate of drug-likeness (QED) is 0.788. The van der Waals surface area contributed by atoms with Gasteiger partial charge in [0.1, 0.15) is 11.3 Å². The van der Waals surface area contributed by atoms with Gasteiger partial charge in [-0.15, -0.1) is 0 Å². The lowest BCUT2D eigenvalue weighted by atomic mass is 10.2. The molecule has 0 amide bonds. The Kier molecular flexibility index (Phi) is 3.81. The Balaban J connectivity index is 2.00. The van der Waals surface area contributed by atoms with Crippen LogP contribution < -0.4 is 5.32 Å². The van der Waals surface area contributed by atoms with Gasteiger partial charge in [-0.2, -0.15) is 0 Å². The Morgan fingerprint density at radius 2 is 2.53 bits per heavy atom. The van der Waals surface area contributed by atoms with Crippen molar-refractivity contribution in [3.63, 3.8) is 0 Å². The van der Waals surface area contributed by atoms with Gasteiger partial charge in [-0.05, 0) is 19.5 Å². The Morgan fingerprint density at radius 3 is 3.18 bits per heavy atom. The van der Waals surface area contributed by atoms with Crippen molar-refractivity contribution in [3.8, 4) is 0 Å². The molecule has 1 aromatic rings. The van der Waals surface area contributed by atoms with E-state index in [-0.39, 0.29) is 5.97 Å². The van der Waals surface area contributed by atoms with Crippen molar-refractivity contribution < 1.29 is 13.9 Å². The minimum Gasteiger partial charge on any atom is -0.467 e. The van der Waals surface area contributed by atoms with E-state index in [1.54, 1.807) is 6.07 Å². The van der Waals surface area contributed by atoms with Crippen molar-refractivity contribution in [3.05, 3.63) is 23.7 Å². The predicted molar refractivity (Wildman–Crippen MR) is 62.8 cm³/mol. The highest BCUT2D eigenvalue weighted by molar-refractivity contribution is 5.90. The summed E-state index contributed by atoms with van der Waals surface area (Å²) in [6.07, 6.45) is 2.66. The molecule has 1 aliphatic rings. The Hall–Kier alpha value is -1.33. The summed E-state index contributed by atoms with van der Waals surface area (Å²) in [5.41, 5.74) is 0.528. The molecule has 1 N–H and O–H groups in total. The third-order valence-corrected chi connectivity index (χ3v) is 3.20. The zero-order valence-electron chi connectivity index (χ0n) is 10.2. The summed E-state index contributed by atoms with van der Waals surface area (Å²) in [4.78, 5) is 13.7. The van der Waals surface area contributed by atoms with Gasteiger partial charge in [0.25, 0.3) is 0 Å². The predicted octanol–water partition coefficient (Wildman–Crippen LogP) is 0.860. The van der Waals surface area contributed by atoms with Crippen LogP contribution in [0.3, 0.4) is 0 Å². The number of furan rings is 1. The van der Waals surface area contributed by atoms with Gasteiger partial charge < -0.3 is 14.5 Å². The first-order valence-electron chi connectivity index (χ1n) is 5.79. The number of rotatable bonds is 4. The van der Waals surface area contributed by atoms with Gasteiger partial charge in [0.05, 0.1) is 19.9 Å². The van der Waals surface area contributed by atoms with E-state index in [4.69, 9.17) is 9.15 Å². The van der Waals surface area contributed by atoms with Crippen LogP contribution in [-0.4, -0.2) is 44.2 Å². The fourth-order valence-electron chi connectivity index (χ4n) is 2.17. The molecule has 2 heterocycles. The summed E-state index contributed by atoms with van der Waals surface area (Å²) >= 11 is 0. The standard InChI is InChI=1S/C12H18N2O3/c1-13-9-3-5-14(7-9)8-11-10(4-6-17-11)12(15)16-2/h4,6,9,13H,3,5,7-8H2,1-2H3. The van der Waals surface area contributed by atoms with E-state index in [1.165, 1.54) is 13.4 Å². The van der Waals surface area contributed by atoms with Crippen molar-refractivity contribution in [2.45, 2.75) is 19.0 Å². The molecule has 1 atom stereocenters. The monoisotopic (exact) mass is 238 g/mol. The molecular formula is C12H18N2O3. The first kappa shape index (κ1) is 12.1. The second-order valence-corrected chi connectivity index (χ2v) is 4.26. The summed E-state index contributed by atoms with van der Waals surface area (Å²) in [5, 5.41) is 3.26. The zero-order valence-corrected chi connectivity index (χ0v) is 10.2. The highest BCUT2D eigenvalue weighted by Crippen LogP contribution is 2.18. The summed E-state index contributed by atoms with van der Waals surface area (Å²) < 4.78 is 10.1. The molecule has 5 nitrogen and oxygen atoms in total. The molecule has 0 saturated carbocycles. The van der Waals surface area contributed by atoms with Crippen LogP contribution in [0.5, 0.6) is 0 Å². The van der Waals surface area contributed by atoms with Crippen LogP contribution in [0.4, 0.5) is 0 Å². The van der Waals surface area contributed by atoms with E-state index < -0.39 is 0 Å². The minimum atomic E-state index is -0.335. The zero-order chi connectivity index (χ0) is 12.3. The molecule has 0 aliphatic carbocycles. The molecule has 1 saturated heterocycles. The van der Waals surface area contributed by atoms with Crippen LogP contribution in [0.2, 0.25) is 0 Å². The molecule has 0 aromatic carbocycles. The second-order valence-electron chi connectivity index (χ2n) is 4.26. The molecule has 1 aliphatic heterocycles. The molecule has 17 heavy (non-hydrogen) atoms. The third-order valence-electron chi connectivity index (χ3n) is 3.20. The molecular weight excluding hydrogens is 220 g/mol. The van der Waals surface area contributed by atoms with E-state index in [0.717, 1.165) is 19.5 Å². The number of esters is 1. The molecule has 0 spiro atoms. The number of likely N-dealkylation sites (N-methyl/N-ethyl adjacent to an activating group) is 1. The summed E-state index contributed by atoms with van der Waals surface area (Å²) in [5.74, 6) is 0.353. The van der Waals surface area contributed by atoms with E-state index in [1.807, 2.05) is 7.05 Å². The SMILES string of the molecule is CNC1CCN(Cc2occc2C(=O)OC)C1. The fraction of sp³-hybridized carbons (Fsp3) is 0.583. The van der Waals surface area contributed by atoms with Crippen LogP contribution in [0.1, 0.15) is 22.5 Å². The molecule has 1 fully saturated rings. The molecule has 0 radical (unpaired) electrons. The van der Waals surface area contributed by atoms with Crippen molar-refractivity contribution in [2.24, 2.45) is 0 Å². The average molecular weight is 238 g/mol. The van der Waals surface area contributed by atoms with Crippen molar-refractivity contribution >= 4 is 5.97 Å². The first-order chi connectivity index (χ1) is 8.24. The Bertz CT molecular complexity index is 389. The van der Waals surface area contributed by atoms with Gasteiger partial charge >= 0.3 is 5.97 Å². The van der Waals surface area contributed by atoms with Crippen molar-refractivity contribution in [1.82, 2.24) is 10.2 Å². The normalized spacial score (nSPS) is 20.7. The molecule has 0 bridgehead atoms.